The Morgan fingerprint density at radius 3 is 2.42 bits per heavy atom. The summed E-state index contributed by atoms with van der Waals surface area (Å²) in [6, 6.07) is 14.9. The molecule has 19 heavy (non-hydrogen) atoms. The minimum Gasteiger partial charge on any atom is -0.271 e. The molecule has 2 aromatic rings. The van der Waals surface area contributed by atoms with E-state index in [1.165, 1.54) is 24.8 Å². The van der Waals surface area contributed by atoms with Crippen LogP contribution in [0.25, 0.3) is 0 Å². The maximum atomic E-state index is 5.86. The van der Waals surface area contributed by atoms with Crippen molar-refractivity contribution >= 4 is 0 Å². The number of nitrogens with one attached hydrogen (secondary N) is 1. The minimum absolute atomic E-state index is 0.110. The molecule has 0 aliphatic heterocycles. The van der Waals surface area contributed by atoms with Crippen LogP contribution in [0.4, 0.5) is 0 Å². The van der Waals surface area contributed by atoms with Gasteiger partial charge in [0.05, 0.1) is 6.04 Å². The van der Waals surface area contributed by atoms with Gasteiger partial charge in [0.2, 0.25) is 0 Å². The SMILES string of the molecule is NNC(c1cccnc1)C1(c2ccccc2)CCC1. The van der Waals surface area contributed by atoms with E-state index in [0.717, 1.165) is 5.56 Å². The van der Waals surface area contributed by atoms with Crippen LogP contribution in [0.1, 0.15) is 36.4 Å². The van der Waals surface area contributed by atoms with Crippen LogP contribution in [0.5, 0.6) is 0 Å². The van der Waals surface area contributed by atoms with Gasteiger partial charge in [-0.3, -0.25) is 16.3 Å². The smallest absolute Gasteiger partial charge is 0.0571 e. The van der Waals surface area contributed by atoms with E-state index < -0.39 is 0 Å². The molecule has 0 bridgehead atoms. The fraction of sp³-hybridized carbons (Fsp3) is 0.312. The van der Waals surface area contributed by atoms with E-state index in [1.54, 1.807) is 6.20 Å². The van der Waals surface area contributed by atoms with E-state index >= 15 is 0 Å². The average molecular weight is 253 g/mol. The van der Waals surface area contributed by atoms with Gasteiger partial charge >= 0.3 is 0 Å². The molecule has 1 atom stereocenters. The Kier molecular flexibility index (Phi) is 3.32. The Bertz CT molecular complexity index is 520. The van der Waals surface area contributed by atoms with E-state index in [0.29, 0.717) is 0 Å². The molecule has 1 heterocycles. The van der Waals surface area contributed by atoms with Gasteiger partial charge in [-0.15, -0.1) is 0 Å². The van der Waals surface area contributed by atoms with Crippen LogP contribution in [0, 0.1) is 0 Å². The van der Waals surface area contributed by atoms with Gasteiger partial charge in [-0.2, -0.15) is 0 Å². The predicted molar refractivity (Wildman–Crippen MR) is 76.3 cm³/mol. The third kappa shape index (κ3) is 2.05. The topological polar surface area (TPSA) is 50.9 Å². The number of nitrogens with two attached hydrogens (primary N) is 1. The molecule has 1 aromatic heterocycles. The van der Waals surface area contributed by atoms with Gasteiger partial charge < -0.3 is 0 Å². The molecule has 0 amide bonds. The van der Waals surface area contributed by atoms with Gasteiger partial charge in [-0.25, -0.2) is 0 Å². The molecule has 3 nitrogen and oxygen atoms in total. The third-order valence-corrected chi connectivity index (χ3v) is 4.33. The predicted octanol–water partition coefficient (Wildman–Crippen LogP) is 2.71. The Hall–Kier alpha value is -1.71. The zero-order valence-corrected chi connectivity index (χ0v) is 10.9. The Labute approximate surface area is 113 Å². The van der Waals surface area contributed by atoms with Crippen molar-refractivity contribution in [3.05, 3.63) is 66.0 Å². The maximum absolute atomic E-state index is 5.86. The number of hydrazine groups is 1. The Morgan fingerprint density at radius 2 is 1.89 bits per heavy atom. The molecule has 1 saturated carbocycles. The lowest BCUT2D eigenvalue weighted by molar-refractivity contribution is 0.170. The Balaban J connectivity index is 2.01. The second-order valence-corrected chi connectivity index (χ2v) is 5.26. The number of rotatable bonds is 4. The van der Waals surface area contributed by atoms with Gasteiger partial charge in [-0.05, 0) is 30.0 Å². The quantitative estimate of drug-likeness (QED) is 0.650. The van der Waals surface area contributed by atoms with Crippen LogP contribution in [-0.4, -0.2) is 4.98 Å². The van der Waals surface area contributed by atoms with Crippen molar-refractivity contribution in [3.63, 3.8) is 0 Å². The van der Waals surface area contributed by atoms with E-state index in [2.05, 4.69) is 46.8 Å². The molecule has 1 fully saturated rings. The largest absolute Gasteiger partial charge is 0.271 e. The standard InChI is InChI=1S/C16H19N3/c17-19-15(13-6-4-11-18-12-13)16(9-5-10-16)14-7-2-1-3-8-14/h1-4,6-8,11-12,15,19H,5,9-10,17H2. The summed E-state index contributed by atoms with van der Waals surface area (Å²) in [4.78, 5) is 4.22. The van der Waals surface area contributed by atoms with Crippen molar-refractivity contribution in [1.29, 1.82) is 0 Å². The fourth-order valence-corrected chi connectivity index (χ4v) is 3.19. The van der Waals surface area contributed by atoms with Gasteiger partial charge in [0.15, 0.2) is 0 Å². The number of benzene rings is 1. The van der Waals surface area contributed by atoms with Crippen molar-refractivity contribution in [2.75, 3.05) is 0 Å². The van der Waals surface area contributed by atoms with E-state index in [-0.39, 0.29) is 11.5 Å². The molecule has 1 aliphatic carbocycles. The Morgan fingerprint density at radius 1 is 1.11 bits per heavy atom. The van der Waals surface area contributed by atoms with Crippen LogP contribution in [0.3, 0.4) is 0 Å². The minimum atomic E-state index is 0.110. The highest BCUT2D eigenvalue weighted by atomic mass is 15.2. The van der Waals surface area contributed by atoms with Crippen LogP contribution >= 0.6 is 0 Å². The lowest BCUT2D eigenvalue weighted by Crippen LogP contribution is -2.48. The fourth-order valence-electron chi connectivity index (χ4n) is 3.19. The van der Waals surface area contributed by atoms with Gasteiger partial charge in [0.25, 0.3) is 0 Å². The molecule has 98 valence electrons. The highest BCUT2D eigenvalue weighted by Crippen LogP contribution is 2.51. The summed E-state index contributed by atoms with van der Waals surface area (Å²) >= 11 is 0. The first kappa shape index (κ1) is 12.3. The van der Waals surface area contributed by atoms with E-state index in [1.807, 2.05) is 12.3 Å². The van der Waals surface area contributed by atoms with Gasteiger partial charge in [-0.1, -0.05) is 42.8 Å². The van der Waals surface area contributed by atoms with Crippen molar-refractivity contribution in [2.24, 2.45) is 5.84 Å². The molecule has 3 heteroatoms. The summed E-state index contributed by atoms with van der Waals surface area (Å²) < 4.78 is 0. The van der Waals surface area contributed by atoms with Gasteiger partial charge in [0.1, 0.15) is 0 Å². The molecule has 3 N–H and O–H groups in total. The molecule has 0 spiro atoms. The van der Waals surface area contributed by atoms with E-state index in [9.17, 15) is 0 Å². The molecular formula is C16H19N3. The summed E-state index contributed by atoms with van der Waals surface area (Å²) in [6.45, 7) is 0. The van der Waals surface area contributed by atoms with Crippen LogP contribution in [-0.2, 0) is 5.41 Å². The number of nitrogens with zero attached hydrogens (tertiary/aromatic N) is 1. The summed E-state index contributed by atoms with van der Waals surface area (Å²) in [7, 11) is 0. The first-order chi connectivity index (χ1) is 9.37. The second-order valence-electron chi connectivity index (χ2n) is 5.26. The third-order valence-electron chi connectivity index (χ3n) is 4.33. The zero-order chi connectivity index (χ0) is 13.1. The second kappa shape index (κ2) is 5.11. The zero-order valence-electron chi connectivity index (χ0n) is 10.9. The molecule has 1 unspecified atom stereocenters. The lowest BCUT2D eigenvalue weighted by atomic mass is 9.59. The van der Waals surface area contributed by atoms with Crippen molar-refractivity contribution in [2.45, 2.75) is 30.7 Å². The van der Waals surface area contributed by atoms with Crippen molar-refractivity contribution < 1.29 is 0 Å². The number of aromatic nitrogens is 1. The normalized spacial score (nSPS) is 18.6. The summed E-state index contributed by atoms with van der Waals surface area (Å²) in [5, 5.41) is 0. The molecule has 3 rings (SSSR count). The van der Waals surface area contributed by atoms with Crippen LogP contribution in [0.15, 0.2) is 54.9 Å². The average Bonchev–Trinajstić information content (AvgIpc) is 2.44. The molecule has 0 radical (unpaired) electrons. The van der Waals surface area contributed by atoms with Gasteiger partial charge in [0, 0.05) is 17.8 Å². The summed E-state index contributed by atoms with van der Waals surface area (Å²) in [5.41, 5.74) is 5.66. The first-order valence-electron chi connectivity index (χ1n) is 6.78. The van der Waals surface area contributed by atoms with E-state index in [4.69, 9.17) is 5.84 Å². The van der Waals surface area contributed by atoms with Crippen LogP contribution < -0.4 is 11.3 Å². The first-order valence-corrected chi connectivity index (χ1v) is 6.78. The molecule has 1 aliphatic rings. The van der Waals surface area contributed by atoms with Crippen molar-refractivity contribution in [3.8, 4) is 0 Å². The lowest BCUT2D eigenvalue weighted by Gasteiger charge is -2.48. The number of hydrogen-bond donors (Lipinski definition) is 2. The molecule has 0 saturated heterocycles. The highest BCUT2D eigenvalue weighted by Gasteiger charge is 2.45. The monoisotopic (exact) mass is 253 g/mol. The summed E-state index contributed by atoms with van der Waals surface area (Å²) in [5.74, 6) is 5.86. The molecular weight excluding hydrogens is 234 g/mol. The van der Waals surface area contributed by atoms with Crippen molar-refractivity contribution in [1.82, 2.24) is 10.4 Å². The van der Waals surface area contributed by atoms with Crippen LogP contribution in [0.2, 0.25) is 0 Å². The number of hydrogen-bond acceptors (Lipinski definition) is 3. The maximum Gasteiger partial charge on any atom is 0.0571 e. The number of pyridine rings is 1. The molecule has 1 aromatic carbocycles. The highest BCUT2D eigenvalue weighted by molar-refractivity contribution is 5.34. The summed E-state index contributed by atoms with van der Waals surface area (Å²) in [6.07, 6.45) is 7.30.